The maximum absolute atomic E-state index is 13.8. The van der Waals surface area contributed by atoms with Crippen molar-refractivity contribution in [3.63, 3.8) is 0 Å². The van der Waals surface area contributed by atoms with Crippen LogP contribution in [-0.4, -0.2) is 16.9 Å². The van der Waals surface area contributed by atoms with Gasteiger partial charge < -0.3 is 4.74 Å². The highest BCUT2D eigenvalue weighted by Crippen LogP contribution is 2.34. The number of hydrogen-bond donors (Lipinski definition) is 1. The van der Waals surface area contributed by atoms with Crippen LogP contribution in [0.5, 0.6) is 5.75 Å². The van der Waals surface area contributed by atoms with Gasteiger partial charge in [-0.2, -0.15) is 0 Å². The van der Waals surface area contributed by atoms with E-state index >= 15 is 0 Å². The Morgan fingerprint density at radius 1 is 1.09 bits per heavy atom. The SMILES string of the molecule is O=C1NC(=S)N(c2cccc(Cl)c2Cl)C(=O)/C1=C/c1ccc(OCc2ccccc2F)c(I)c1. The average molecular weight is 627 g/mol. The van der Waals surface area contributed by atoms with Crippen LogP contribution in [0.3, 0.4) is 0 Å². The zero-order valence-corrected chi connectivity index (χ0v) is 21.6. The van der Waals surface area contributed by atoms with Crippen molar-refractivity contribution >= 4 is 86.7 Å². The van der Waals surface area contributed by atoms with E-state index in [0.29, 0.717) is 16.9 Å². The molecule has 1 saturated heterocycles. The van der Waals surface area contributed by atoms with Crippen molar-refractivity contribution in [2.24, 2.45) is 0 Å². The van der Waals surface area contributed by atoms with Gasteiger partial charge >= 0.3 is 0 Å². The van der Waals surface area contributed by atoms with E-state index in [1.54, 1.807) is 54.6 Å². The lowest BCUT2D eigenvalue weighted by Gasteiger charge is -2.29. The summed E-state index contributed by atoms with van der Waals surface area (Å²) >= 11 is 19.6. The Bertz CT molecular complexity index is 1370. The number of benzene rings is 3. The van der Waals surface area contributed by atoms with Crippen LogP contribution in [0.4, 0.5) is 10.1 Å². The predicted octanol–water partition coefficient (Wildman–Crippen LogP) is 6.15. The number of amides is 2. The molecule has 1 fully saturated rings. The summed E-state index contributed by atoms with van der Waals surface area (Å²) in [4.78, 5) is 26.9. The van der Waals surface area contributed by atoms with Gasteiger partial charge in [-0.05, 0) is 76.8 Å². The molecule has 0 unspecified atom stereocenters. The molecule has 4 rings (SSSR count). The van der Waals surface area contributed by atoms with E-state index in [-0.39, 0.29) is 38.8 Å². The molecule has 0 atom stereocenters. The Balaban J connectivity index is 1.60. The molecule has 10 heteroatoms. The van der Waals surface area contributed by atoms with Crippen LogP contribution in [0.15, 0.2) is 66.2 Å². The van der Waals surface area contributed by atoms with Gasteiger partial charge in [-0.3, -0.25) is 19.8 Å². The first-order valence-corrected chi connectivity index (χ1v) is 12.0. The monoisotopic (exact) mass is 626 g/mol. The number of halogens is 4. The van der Waals surface area contributed by atoms with E-state index in [2.05, 4.69) is 27.9 Å². The van der Waals surface area contributed by atoms with E-state index in [1.807, 2.05) is 0 Å². The fraction of sp³-hybridized carbons (Fsp3) is 0.0417. The van der Waals surface area contributed by atoms with Crippen molar-refractivity contribution in [3.8, 4) is 5.75 Å². The number of anilines is 1. The fourth-order valence-electron chi connectivity index (χ4n) is 3.20. The number of rotatable bonds is 5. The average Bonchev–Trinajstić information content (AvgIpc) is 2.79. The molecule has 1 aliphatic heterocycles. The Morgan fingerprint density at radius 2 is 1.85 bits per heavy atom. The molecule has 1 aliphatic rings. The van der Waals surface area contributed by atoms with Gasteiger partial charge in [0.15, 0.2) is 5.11 Å². The largest absolute Gasteiger partial charge is 0.488 e. The number of thiocarbonyl (C=S) groups is 1. The highest BCUT2D eigenvalue weighted by Gasteiger charge is 2.35. The van der Waals surface area contributed by atoms with Gasteiger partial charge in [-0.25, -0.2) is 4.39 Å². The lowest BCUT2D eigenvalue weighted by molar-refractivity contribution is -0.122. The van der Waals surface area contributed by atoms with E-state index in [0.717, 1.165) is 8.47 Å². The summed E-state index contributed by atoms with van der Waals surface area (Å²) < 4.78 is 20.3. The van der Waals surface area contributed by atoms with E-state index in [1.165, 1.54) is 12.1 Å². The van der Waals surface area contributed by atoms with Crippen LogP contribution in [0, 0.1) is 9.39 Å². The lowest BCUT2D eigenvalue weighted by atomic mass is 10.1. The second-order valence-corrected chi connectivity index (χ2v) is 9.43. The third kappa shape index (κ3) is 5.10. The number of hydrogen-bond acceptors (Lipinski definition) is 4. The van der Waals surface area contributed by atoms with Crippen molar-refractivity contribution in [1.82, 2.24) is 5.32 Å². The van der Waals surface area contributed by atoms with Gasteiger partial charge in [-0.1, -0.05) is 53.5 Å². The Morgan fingerprint density at radius 3 is 2.59 bits per heavy atom. The molecule has 3 aromatic rings. The minimum absolute atomic E-state index is 0.0663. The summed E-state index contributed by atoms with van der Waals surface area (Å²) in [6.45, 7) is 0.0663. The van der Waals surface area contributed by atoms with E-state index < -0.39 is 11.8 Å². The molecule has 1 heterocycles. The number of nitrogens with zero attached hydrogens (tertiary/aromatic N) is 1. The highest BCUT2D eigenvalue weighted by molar-refractivity contribution is 14.1. The Kier molecular flexibility index (Phi) is 7.51. The van der Waals surface area contributed by atoms with Crippen molar-refractivity contribution in [2.45, 2.75) is 6.61 Å². The summed E-state index contributed by atoms with van der Waals surface area (Å²) in [5.41, 5.74) is 1.16. The molecule has 2 amide bonds. The Hall–Kier alpha value is -2.53. The molecule has 3 aromatic carbocycles. The van der Waals surface area contributed by atoms with Gasteiger partial charge in [0.05, 0.1) is 19.3 Å². The molecule has 0 spiro atoms. The Labute approximate surface area is 223 Å². The molecule has 1 N–H and O–H groups in total. The van der Waals surface area contributed by atoms with Gasteiger partial charge in [-0.15, -0.1) is 0 Å². The first-order chi connectivity index (χ1) is 16.3. The third-order valence-electron chi connectivity index (χ3n) is 4.88. The first kappa shape index (κ1) is 24.6. The smallest absolute Gasteiger partial charge is 0.270 e. The number of carbonyl (C=O) groups is 2. The van der Waals surface area contributed by atoms with Crippen molar-refractivity contribution in [2.75, 3.05) is 4.90 Å². The number of carbonyl (C=O) groups excluding carboxylic acids is 2. The first-order valence-electron chi connectivity index (χ1n) is 9.77. The minimum atomic E-state index is -0.632. The standard InChI is InChI=1S/C24H14Cl2FIN2O3S/c25-16-5-3-7-19(21(16)26)30-23(32)15(22(31)29-24(30)34)10-13-8-9-20(18(28)11-13)33-12-14-4-1-2-6-17(14)27/h1-11H,12H2,(H,29,31,34)/b15-10+. The zero-order valence-electron chi connectivity index (χ0n) is 17.2. The fourth-order valence-corrected chi connectivity index (χ4v) is 4.55. The predicted molar refractivity (Wildman–Crippen MR) is 143 cm³/mol. The normalized spacial score (nSPS) is 15.0. The van der Waals surface area contributed by atoms with Gasteiger partial charge in [0.25, 0.3) is 11.8 Å². The minimum Gasteiger partial charge on any atom is -0.488 e. The van der Waals surface area contributed by atoms with Crippen LogP contribution >= 0.6 is 58.0 Å². The summed E-state index contributed by atoms with van der Waals surface area (Å²) in [6.07, 6.45) is 1.45. The van der Waals surface area contributed by atoms with Gasteiger partial charge in [0, 0.05) is 5.56 Å². The number of nitrogens with one attached hydrogen (secondary N) is 1. The van der Waals surface area contributed by atoms with Crippen LogP contribution in [0.25, 0.3) is 6.08 Å². The van der Waals surface area contributed by atoms with Crippen LogP contribution < -0.4 is 15.0 Å². The summed E-state index contributed by atoms with van der Waals surface area (Å²) in [6, 6.07) is 16.3. The maximum atomic E-state index is 13.8. The second kappa shape index (κ2) is 10.4. The molecular weight excluding hydrogens is 613 g/mol. The van der Waals surface area contributed by atoms with Gasteiger partial charge in [0.2, 0.25) is 0 Å². The molecular formula is C24H14Cl2FIN2O3S. The molecule has 0 radical (unpaired) electrons. The van der Waals surface area contributed by atoms with Gasteiger partial charge in [0.1, 0.15) is 23.7 Å². The quantitative estimate of drug-likeness (QED) is 0.160. The molecule has 0 saturated carbocycles. The summed E-state index contributed by atoms with van der Waals surface area (Å²) in [7, 11) is 0. The number of ether oxygens (including phenoxy) is 1. The molecule has 5 nitrogen and oxygen atoms in total. The molecule has 0 aliphatic carbocycles. The van der Waals surface area contributed by atoms with E-state index in [4.69, 9.17) is 40.2 Å². The van der Waals surface area contributed by atoms with Crippen LogP contribution in [0.1, 0.15) is 11.1 Å². The zero-order chi connectivity index (χ0) is 24.4. The highest BCUT2D eigenvalue weighted by atomic mass is 127. The van der Waals surface area contributed by atoms with E-state index in [9.17, 15) is 14.0 Å². The third-order valence-corrected chi connectivity index (χ3v) is 6.82. The lowest BCUT2D eigenvalue weighted by Crippen LogP contribution is -2.54. The van der Waals surface area contributed by atoms with Crippen LogP contribution in [-0.2, 0) is 16.2 Å². The van der Waals surface area contributed by atoms with Crippen molar-refractivity contribution < 1.29 is 18.7 Å². The van der Waals surface area contributed by atoms with Crippen LogP contribution in [0.2, 0.25) is 10.0 Å². The van der Waals surface area contributed by atoms with Crippen molar-refractivity contribution in [3.05, 3.63) is 96.8 Å². The molecule has 34 heavy (non-hydrogen) atoms. The molecule has 0 bridgehead atoms. The summed E-state index contributed by atoms with van der Waals surface area (Å²) in [5.74, 6) is -1.06. The topological polar surface area (TPSA) is 58.6 Å². The molecule has 172 valence electrons. The maximum Gasteiger partial charge on any atom is 0.270 e. The van der Waals surface area contributed by atoms with Crippen molar-refractivity contribution in [1.29, 1.82) is 0 Å². The second-order valence-electron chi connectivity index (χ2n) is 7.10. The summed E-state index contributed by atoms with van der Waals surface area (Å²) in [5, 5.41) is 2.80. The molecule has 0 aromatic heterocycles.